The first kappa shape index (κ1) is 20.4. The number of carbonyl (C=O) groups is 1. The molecule has 1 aromatic carbocycles. The summed E-state index contributed by atoms with van der Waals surface area (Å²) in [6, 6.07) is 16.4. The van der Waals surface area contributed by atoms with Gasteiger partial charge in [0.05, 0.1) is 11.4 Å². The fourth-order valence-corrected chi connectivity index (χ4v) is 4.23. The second kappa shape index (κ2) is 9.30. The van der Waals surface area contributed by atoms with Crippen molar-refractivity contribution in [3.63, 3.8) is 0 Å². The molecule has 6 heteroatoms. The zero-order valence-corrected chi connectivity index (χ0v) is 17.9. The van der Waals surface area contributed by atoms with Crippen molar-refractivity contribution in [2.75, 3.05) is 19.6 Å². The Balaban J connectivity index is 1.47. The molecule has 0 aliphatic carbocycles. The number of likely N-dealkylation sites (tertiary alicyclic amines) is 1. The molecule has 1 amide bonds. The molecule has 2 aromatic heterocycles. The Morgan fingerprint density at radius 2 is 2.00 bits per heavy atom. The van der Waals surface area contributed by atoms with Crippen LogP contribution in [0.3, 0.4) is 0 Å². The number of para-hydroxylation sites is 1. The Bertz CT molecular complexity index is 975. The summed E-state index contributed by atoms with van der Waals surface area (Å²) in [4.78, 5) is 15.6. The van der Waals surface area contributed by atoms with Gasteiger partial charge in [-0.1, -0.05) is 24.6 Å². The number of hydrogen-bond acceptors (Lipinski definition) is 3. The molecular weight excluding hydrogens is 374 g/mol. The number of aromatic nitrogens is 3. The smallest absolute Gasteiger partial charge is 0.270 e. The van der Waals surface area contributed by atoms with Crippen LogP contribution in [-0.4, -0.2) is 50.8 Å². The van der Waals surface area contributed by atoms with Crippen LogP contribution in [-0.2, 0) is 7.05 Å². The van der Waals surface area contributed by atoms with E-state index in [2.05, 4.69) is 17.1 Å². The molecular formula is C24H31N5O. The molecule has 3 heterocycles. The van der Waals surface area contributed by atoms with Gasteiger partial charge >= 0.3 is 0 Å². The minimum absolute atomic E-state index is 0.0847. The third kappa shape index (κ3) is 4.49. The van der Waals surface area contributed by atoms with E-state index < -0.39 is 0 Å². The van der Waals surface area contributed by atoms with Crippen molar-refractivity contribution in [2.45, 2.75) is 38.6 Å². The van der Waals surface area contributed by atoms with Crippen LogP contribution in [0.1, 0.15) is 43.1 Å². The van der Waals surface area contributed by atoms with E-state index in [1.165, 1.54) is 25.8 Å². The summed E-state index contributed by atoms with van der Waals surface area (Å²) in [5, 5.41) is 7.85. The third-order valence-electron chi connectivity index (χ3n) is 6.00. The molecule has 0 bridgehead atoms. The third-order valence-corrected chi connectivity index (χ3v) is 6.00. The number of hydrogen-bond donors (Lipinski definition) is 1. The van der Waals surface area contributed by atoms with Crippen molar-refractivity contribution in [1.82, 2.24) is 24.6 Å². The Labute approximate surface area is 178 Å². The van der Waals surface area contributed by atoms with E-state index in [4.69, 9.17) is 5.10 Å². The Kier molecular flexibility index (Phi) is 6.33. The highest BCUT2D eigenvalue weighted by Gasteiger charge is 2.20. The predicted octanol–water partition coefficient (Wildman–Crippen LogP) is 3.87. The van der Waals surface area contributed by atoms with Gasteiger partial charge in [0.25, 0.3) is 5.91 Å². The van der Waals surface area contributed by atoms with Gasteiger partial charge in [0.2, 0.25) is 0 Å². The van der Waals surface area contributed by atoms with Crippen LogP contribution in [0.15, 0.2) is 54.7 Å². The maximum Gasteiger partial charge on any atom is 0.270 e. The first-order valence-electron chi connectivity index (χ1n) is 10.9. The van der Waals surface area contributed by atoms with Gasteiger partial charge in [-0.05, 0) is 63.1 Å². The van der Waals surface area contributed by atoms with E-state index in [1.807, 2.05) is 66.3 Å². The molecule has 0 radical (unpaired) electrons. The summed E-state index contributed by atoms with van der Waals surface area (Å²) in [6.45, 7) is 5.19. The molecule has 30 heavy (non-hydrogen) atoms. The van der Waals surface area contributed by atoms with E-state index in [0.29, 0.717) is 18.3 Å². The first-order valence-corrected chi connectivity index (χ1v) is 10.9. The second-order valence-corrected chi connectivity index (χ2v) is 8.16. The first-order chi connectivity index (χ1) is 14.6. The molecule has 1 atom stereocenters. The summed E-state index contributed by atoms with van der Waals surface area (Å²) in [7, 11) is 1.98. The molecule has 6 nitrogen and oxygen atoms in total. The van der Waals surface area contributed by atoms with Crippen LogP contribution in [0.2, 0.25) is 0 Å². The topological polar surface area (TPSA) is 55.1 Å². The number of piperidine rings is 1. The molecule has 1 aliphatic rings. The number of carbonyl (C=O) groups excluding carboxylic acids is 1. The van der Waals surface area contributed by atoms with Crippen LogP contribution in [0.25, 0.3) is 17.1 Å². The molecule has 0 spiro atoms. The molecule has 1 saturated heterocycles. The molecule has 1 aliphatic heterocycles. The normalized spacial score (nSPS) is 17.2. The quantitative estimate of drug-likeness (QED) is 0.607. The van der Waals surface area contributed by atoms with Crippen molar-refractivity contribution in [1.29, 1.82) is 0 Å². The molecule has 4 rings (SSSR count). The van der Waals surface area contributed by atoms with Crippen LogP contribution in [0.5, 0.6) is 0 Å². The number of rotatable bonds is 7. The summed E-state index contributed by atoms with van der Waals surface area (Å²) in [5.74, 6) is -0.0847. The minimum atomic E-state index is -0.0847. The maximum atomic E-state index is 13.0. The fourth-order valence-electron chi connectivity index (χ4n) is 4.23. The van der Waals surface area contributed by atoms with Crippen LogP contribution in [0, 0.1) is 0 Å². The van der Waals surface area contributed by atoms with E-state index in [-0.39, 0.29) is 5.91 Å². The SMILES string of the molecule is CC1CCCCN1CCCNC(=O)c1cc(-c2cccn2C)nn1-c1ccccc1. The molecule has 1 unspecified atom stereocenters. The monoisotopic (exact) mass is 405 g/mol. The average molecular weight is 406 g/mol. The molecule has 0 saturated carbocycles. The highest BCUT2D eigenvalue weighted by atomic mass is 16.2. The largest absolute Gasteiger partial charge is 0.351 e. The van der Waals surface area contributed by atoms with Crippen molar-refractivity contribution >= 4 is 5.91 Å². The average Bonchev–Trinajstić information content (AvgIpc) is 3.39. The lowest BCUT2D eigenvalue weighted by Crippen LogP contribution is -2.39. The lowest BCUT2D eigenvalue weighted by molar-refractivity contribution is 0.0941. The van der Waals surface area contributed by atoms with Crippen molar-refractivity contribution in [3.05, 3.63) is 60.4 Å². The standard InChI is InChI=1S/C24H31N5O/c1-19-10-6-7-16-28(19)17-9-14-25-24(30)23-18-21(22-13-8-15-27(22)2)26-29(23)20-11-4-3-5-12-20/h3-5,8,11-13,15,18-19H,6-7,9-10,14,16-17H2,1-2H3,(H,25,30). The number of nitrogens with zero attached hydrogens (tertiary/aromatic N) is 4. The Hall–Kier alpha value is -2.86. The summed E-state index contributed by atoms with van der Waals surface area (Å²) < 4.78 is 3.75. The molecule has 158 valence electrons. The van der Waals surface area contributed by atoms with Crippen LogP contribution < -0.4 is 5.32 Å². The summed E-state index contributed by atoms with van der Waals surface area (Å²) in [5.41, 5.74) is 3.21. The Morgan fingerprint density at radius 3 is 2.73 bits per heavy atom. The lowest BCUT2D eigenvalue weighted by atomic mass is 10.0. The number of benzene rings is 1. The van der Waals surface area contributed by atoms with Gasteiger partial charge in [0.15, 0.2) is 0 Å². The zero-order chi connectivity index (χ0) is 20.9. The van der Waals surface area contributed by atoms with Gasteiger partial charge in [0.1, 0.15) is 11.4 Å². The highest BCUT2D eigenvalue weighted by Crippen LogP contribution is 2.22. The van der Waals surface area contributed by atoms with Crippen LogP contribution >= 0.6 is 0 Å². The number of amides is 1. The van der Waals surface area contributed by atoms with E-state index in [0.717, 1.165) is 30.0 Å². The van der Waals surface area contributed by atoms with Crippen molar-refractivity contribution < 1.29 is 4.79 Å². The number of aryl methyl sites for hydroxylation is 1. The second-order valence-electron chi connectivity index (χ2n) is 8.16. The Morgan fingerprint density at radius 1 is 1.17 bits per heavy atom. The lowest BCUT2D eigenvalue weighted by Gasteiger charge is -2.33. The minimum Gasteiger partial charge on any atom is -0.351 e. The van der Waals surface area contributed by atoms with E-state index in [1.54, 1.807) is 4.68 Å². The van der Waals surface area contributed by atoms with Gasteiger partial charge in [-0.15, -0.1) is 0 Å². The maximum absolute atomic E-state index is 13.0. The van der Waals surface area contributed by atoms with Gasteiger partial charge in [0, 0.05) is 32.4 Å². The molecule has 1 fully saturated rings. The van der Waals surface area contributed by atoms with E-state index in [9.17, 15) is 4.79 Å². The van der Waals surface area contributed by atoms with Crippen LogP contribution in [0.4, 0.5) is 0 Å². The van der Waals surface area contributed by atoms with E-state index >= 15 is 0 Å². The zero-order valence-electron chi connectivity index (χ0n) is 17.9. The highest BCUT2D eigenvalue weighted by molar-refractivity contribution is 5.94. The summed E-state index contributed by atoms with van der Waals surface area (Å²) >= 11 is 0. The number of nitrogens with one attached hydrogen (secondary N) is 1. The van der Waals surface area contributed by atoms with Crippen molar-refractivity contribution in [3.8, 4) is 17.1 Å². The van der Waals surface area contributed by atoms with Gasteiger partial charge in [-0.3, -0.25) is 4.79 Å². The fraction of sp³-hybridized carbons (Fsp3) is 0.417. The van der Waals surface area contributed by atoms with Crippen molar-refractivity contribution in [2.24, 2.45) is 7.05 Å². The van der Waals surface area contributed by atoms with Gasteiger partial charge < -0.3 is 14.8 Å². The predicted molar refractivity (Wildman–Crippen MR) is 120 cm³/mol. The summed E-state index contributed by atoms with van der Waals surface area (Å²) in [6.07, 6.45) is 6.85. The molecule has 1 N–H and O–H groups in total. The molecule has 3 aromatic rings. The van der Waals surface area contributed by atoms with Gasteiger partial charge in [-0.2, -0.15) is 5.10 Å². The van der Waals surface area contributed by atoms with Gasteiger partial charge in [-0.25, -0.2) is 4.68 Å².